The summed E-state index contributed by atoms with van der Waals surface area (Å²) in [6.07, 6.45) is 4.22. The average molecular weight is 291 g/mol. The number of fused-ring (bicyclic) bond motifs is 1. The van der Waals surface area contributed by atoms with Crippen LogP contribution in [0, 0.1) is 0 Å². The molecule has 1 aromatic carbocycles. The predicted molar refractivity (Wildman–Crippen MR) is 77.5 cm³/mol. The molecule has 20 heavy (non-hydrogen) atoms. The molecule has 5 heteroatoms. The Balaban J connectivity index is 2.10. The van der Waals surface area contributed by atoms with E-state index in [-0.39, 0.29) is 23.5 Å². The molecule has 1 aliphatic heterocycles. The van der Waals surface area contributed by atoms with Crippen molar-refractivity contribution in [1.29, 1.82) is 0 Å². The summed E-state index contributed by atoms with van der Waals surface area (Å²) in [4.78, 5) is 26.3. The van der Waals surface area contributed by atoms with Gasteiger partial charge in [0.05, 0.1) is 21.4 Å². The van der Waals surface area contributed by atoms with Crippen molar-refractivity contribution < 1.29 is 13.8 Å². The lowest BCUT2D eigenvalue weighted by molar-refractivity contribution is -0.116. The molecular formula is C15H17NO3S. The second-order valence-corrected chi connectivity index (χ2v) is 6.85. The lowest BCUT2D eigenvalue weighted by Crippen LogP contribution is -2.44. The summed E-state index contributed by atoms with van der Waals surface area (Å²) >= 11 is 0. The topological polar surface area (TPSA) is 54.5 Å². The first-order chi connectivity index (χ1) is 9.58. The highest BCUT2D eigenvalue weighted by molar-refractivity contribution is 7.86. The van der Waals surface area contributed by atoms with Crippen LogP contribution in [0.25, 0.3) is 0 Å². The number of ketones is 1. The zero-order valence-electron chi connectivity index (χ0n) is 11.4. The molecule has 0 aromatic heterocycles. The van der Waals surface area contributed by atoms with E-state index in [1.807, 2.05) is 0 Å². The fraction of sp³-hybridized carbons (Fsp3) is 0.467. The number of amides is 1. The molecule has 1 unspecified atom stereocenters. The summed E-state index contributed by atoms with van der Waals surface area (Å²) in [6.45, 7) is 1.50. The number of nitrogens with zero attached hydrogens (tertiary/aromatic N) is 1. The van der Waals surface area contributed by atoms with E-state index in [0.717, 1.165) is 25.7 Å². The van der Waals surface area contributed by atoms with Crippen LogP contribution in [0.15, 0.2) is 23.1 Å². The molecule has 1 heterocycles. The van der Waals surface area contributed by atoms with Crippen LogP contribution in [0.4, 0.5) is 5.69 Å². The van der Waals surface area contributed by atoms with Crippen LogP contribution >= 0.6 is 0 Å². The molecule has 1 saturated carbocycles. The number of rotatable bonds is 2. The van der Waals surface area contributed by atoms with Gasteiger partial charge in [0, 0.05) is 11.6 Å². The Morgan fingerprint density at radius 3 is 2.65 bits per heavy atom. The summed E-state index contributed by atoms with van der Waals surface area (Å²) in [6, 6.07) is 5.35. The van der Waals surface area contributed by atoms with Gasteiger partial charge in [-0.3, -0.25) is 13.8 Å². The fourth-order valence-corrected chi connectivity index (χ4v) is 4.20. The van der Waals surface area contributed by atoms with Crippen molar-refractivity contribution in [3.63, 3.8) is 0 Å². The van der Waals surface area contributed by atoms with Gasteiger partial charge >= 0.3 is 0 Å². The van der Waals surface area contributed by atoms with Gasteiger partial charge in [0.2, 0.25) is 5.91 Å². The van der Waals surface area contributed by atoms with E-state index in [1.165, 1.54) is 6.92 Å². The molecule has 0 N–H and O–H groups in total. The maximum Gasteiger partial charge on any atom is 0.240 e. The number of hydrogen-bond donors (Lipinski definition) is 0. The Labute approximate surface area is 120 Å². The van der Waals surface area contributed by atoms with Gasteiger partial charge in [0.1, 0.15) is 5.75 Å². The molecule has 1 aromatic rings. The molecule has 0 radical (unpaired) electrons. The summed E-state index contributed by atoms with van der Waals surface area (Å²) in [5.41, 5.74) is 1.25. The highest BCUT2D eigenvalue weighted by Crippen LogP contribution is 2.36. The normalized spacial score (nSPS) is 22.9. The molecule has 106 valence electrons. The Bertz CT molecular complexity index is 605. The third kappa shape index (κ3) is 2.20. The van der Waals surface area contributed by atoms with Gasteiger partial charge in [0.25, 0.3) is 0 Å². The molecule has 1 amide bonds. The number of benzene rings is 1. The van der Waals surface area contributed by atoms with Gasteiger partial charge in [-0.1, -0.05) is 18.9 Å². The van der Waals surface area contributed by atoms with E-state index in [4.69, 9.17) is 0 Å². The summed E-state index contributed by atoms with van der Waals surface area (Å²) in [5.74, 6) is -0.0606. The van der Waals surface area contributed by atoms with Crippen LogP contribution in [-0.4, -0.2) is 27.7 Å². The average Bonchev–Trinajstić information content (AvgIpc) is 2.91. The number of hydrogen-bond acceptors (Lipinski definition) is 3. The first kappa shape index (κ1) is 13.5. The number of Topliss-reactive ketones (excluding diaryl/α,β-unsaturated/α-hetero) is 1. The molecule has 3 rings (SSSR count). The predicted octanol–water partition coefficient (Wildman–Crippen LogP) is 2.29. The molecule has 0 spiro atoms. The minimum Gasteiger partial charge on any atom is -0.307 e. The van der Waals surface area contributed by atoms with Crippen LogP contribution in [-0.2, 0) is 15.6 Å². The third-order valence-corrected chi connectivity index (χ3v) is 5.43. The molecule has 2 aliphatic rings. The summed E-state index contributed by atoms with van der Waals surface area (Å²) < 4.78 is 12.1. The van der Waals surface area contributed by atoms with Crippen molar-refractivity contribution in [1.82, 2.24) is 0 Å². The molecule has 1 atom stereocenters. The van der Waals surface area contributed by atoms with Gasteiger partial charge in [0.15, 0.2) is 5.78 Å². The second-order valence-electron chi connectivity index (χ2n) is 5.43. The Morgan fingerprint density at radius 1 is 1.30 bits per heavy atom. The van der Waals surface area contributed by atoms with Crippen LogP contribution in [0.3, 0.4) is 0 Å². The standard InChI is InChI=1S/C15H17NO3S/c1-10(17)11-6-7-14-13(8-11)16(12-4-2-3-5-12)15(18)9-20(14)19/h6-8,12H,2-5,9H2,1H3. The van der Waals surface area contributed by atoms with Crippen molar-refractivity contribution >= 4 is 28.2 Å². The number of anilines is 1. The lowest BCUT2D eigenvalue weighted by Gasteiger charge is -2.34. The monoisotopic (exact) mass is 291 g/mol. The Kier molecular flexibility index (Phi) is 3.46. The van der Waals surface area contributed by atoms with Crippen molar-refractivity contribution in [3.8, 4) is 0 Å². The fourth-order valence-electron chi connectivity index (χ4n) is 3.07. The van der Waals surface area contributed by atoms with Crippen LogP contribution in [0.2, 0.25) is 0 Å². The zero-order chi connectivity index (χ0) is 14.3. The minimum absolute atomic E-state index is 0.0389. The molecule has 0 saturated heterocycles. The summed E-state index contributed by atoms with van der Waals surface area (Å²) in [5, 5.41) is 0. The van der Waals surface area contributed by atoms with E-state index in [1.54, 1.807) is 23.1 Å². The maximum atomic E-state index is 12.3. The maximum absolute atomic E-state index is 12.3. The highest BCUT2D eigenvalue weighted by atomic mass is 32.2. The third-order valence-electron chi connectivity index (χ3n) is 4.08. The molecule has 4 nitrogen and oxygen atoms in total. The Morgan fingerprint density at radius 2 is 2.00 bits per heavy atom. The minimum atomic E-state index is -1.29. The SMILES string of the molecule is CC(=O)c1ccc2c(c1)N(C1CCCC1)C(=O)CS2=O. The van der Waals surface area contributed by atoms with Crippen LogP contribution < -0.4 is 4.90 Å². The quantitative estimate of drug-likeness (QED) is 0.786. The van der Waals surface area contributed by atoms with Gasteiger partial charge in [-0.05, 0) is 31.9 Å². The van der Waals surface area contributed by atoms with Gasteiger partial charge in [-0.15, -0.1) is 0 Å². The first-order valence-corrected chi connectivity index (χ1v) is 8.25. The summed E-state index contributed by atoms with van der Waals surface area (Å²) in [7, 11) is -1.29. The number of carbonyl (C=O) groups excluding carboxylic acids is 2. The second kappa shape index (κ2) is 5.13. The van der Waals surface area contributed by atoms with E-state index in [9.17, 15) is 13.8 Å². The number of carbonyl (C=O) groups is 2. The van der Waals surface area contributed by atoms with Crippen molar-refractivity contribution in [2.75, 3.05) is 10.7 Å². The first-order valence-electron chi connectivity index (χ1n) is 6.93. The highest BCUT2D eigenvalue weighted by Gasteiger charge is 2.35. The van der Waals surface area contributed by atoms with Crippen molar-refractivity contribution in [2.24, 2.45) is 0 Å². The molecular weight excluding hydrogens is 274 g/mol. The van der Waals surface area contributed by atoms with Gasteiger partial charge in [-0.25, -0.2) is 0 Å². The molecule has 0 bridgehead atoms. The van der Waals surface area contributed by atoms with Crippen molar-refractivity contribution in [2.45, 2.75) is 43.5 Å². The van der Waals surface area contributed by atoms with E-state index in [2.05, 4.69) is 0 Å². The molecule has 1 fully saturated rings. The van der Waals surface area contributed by atoms with E-state index in [0.29, 0.717) is 16.1 Å². The Hall–Kier alpha value is -1.49. The van der Waals surface area contributed by atoms with Crippen LogP contribution in [0.1, 0.15) is 43.0 Å². The zero-order valence-corrected chi connectivity index (χ0v) is 12.2. The largest absolute Gasteiger partial charge is 0.307 e. The lowest BCUT2D eigenvalue weighted by atomic mass is 10.1. The van der Waals surface area contributed by atoms with E-state index >= 15 is 0 Å². The van der Waals surface area contributed by atoms with Crippen LogP contribution in [0.5, 0.6) is 0 Å². The van der Waals surface area contributed by atoms with Gasteiger partial charge in [-0.2, -0.15) is 0 Å². The smallest absolute Gasteiger partial charge is 0.240 e. The van der Waals surface area contributed by atoms with Crippen molar-refractivity contribution in [3.05, 3.63) is 23.8 Å². The van der Waals surface area contributed by atoms with Gasteiger partial charge < -0.3 is 4.90 Å². The molecule has 1 aliphatic carbocycles. The van der Waals surface area contributed by atoms with E-state index < -0.39 is 10.8 Å².